The zero-order valence-corrected chi connectivity index (χ0v) is 18.4. The van der Waals surface area contributed by atoms with Crippen LogP contribution < -0.4 is 5.32 Å². The highest BCUT2D eigenvalue weighted by molar-refractivity contribution is 8.16. The zero-order chi connectivity index (χ0) is 21.3. The van der Waals surface area contributed by atoms with Crippen LogP contribution >= 0.6 is 11.8 Å². The van der Waals surface area contributed by atoms with Crippen molar-refractivity contribution in [3.05, 3.63) is 130 Å². The summed E-state index contributed by atoms with van der Waals surface area (Å²) in [6, 6.07) is 32.1. The van der Waals surface area contributed by atoms with E-state index in [1.54, 1.807) is 11.8 Å². The molecule has 3 nitrogen and oxygen atoms in total. The zero-order valence-electron chi connectivity index (χ0n) is 17.6. The van der Waals surface area contributed by atoms with Gasteiger partial charge in [-0.3, -0.25) is 0 Å². The standard InChI is InChI=1S/C28H23N3S/c1-4-10-20(11-5-1)16-23-17-29-18-24-26(23)30-28-31(27(24)22-14-8-3-9-15-22)25(19-32-28)21-12-6-2-7-13-21/h1-16,19,27,29H,17-18H2/b23-16+. The molecule has 3 aliphatic rings. The second-order valence-electron chi connectivity index (χ2n) is 8.12. The number of rotatable bonds is 3. The van der Waals surface area contributed by atoms with Gasteiger partial charge in [0.1, 0.15) is 0 Å². The van der Waals surface area contributed by atoms with Gasteiger partial charge in [0.25, 0.3) is 0 Å². The Bertz CT molecular complexity index is 1260. The van der Waals surface area contributed by atoms with E-state index in [0.29, 0.717) is 0 Å². The maximum absolute atomic E-state index is 5.22. The number of nitrogens with zero attached hydrogens (tertiary/aromatic N) is 2. The smallest absolute Gasteiger partial charge is 0.174 e. The Balaban J connectivity index is 1.50. The van der Waals surface area contributed by atoms with Crippen molar-refractivity contribution in [3.63, 3.8) is 0 Å². The summed E-state index contributed by atoms with van der Waals surface area (Å²) in [7, 11) is 0. The number of benzene rings is 3. The Morgan fingerprint density at radius 2 is 1.53 bits per heavy atom. The summed E-state index contributed by atoms with van der Waals surface area (Å²) in [4.78, 5) is 7.64. The van der Waals surface area contributed by atoms with Crippen molar-refractivity contribution in [2.75, 3.05) is 13.1 Å². The number of fused-ring (bicyclic) bond motifs is 1. The highest BCUT2D eigenvalue weighted by Gasteiger charge is 2.40. The minimum absolute atomic E-state index is 0.118. The van der Waals surface area contributed by atoms with E-state index in [1.807, 2.05) is 0 Å². The lowest BCUT2D eigenvalue weighted by Crippen LogP contribution is -2.40. The van der Waals surface area contributed by atoms with Crippen LogP contribution in [0.3, 0.4) is 0 Å². The van der Waals surface area contributed by atoms with Crippen molar-refractivity contribution in [2.45, 2.75) is 6.04 Å². The summed E-state index contributed by atoms with van der Waals surface area (Å²) < 4.78 is 0. The summed E-state index contributed by atoms with van der Waals surface area (Å²) in [5, 5.41) is 6.94. The molecule has 1 atom stereocenters. The summed E-state index contributed by atoms with van der Waals surface area (Å²) in [5.74, 6) is 0. The van der Waals surface area contributed by atoms with Gasteiger partial charge in [-0.15, -0.1) is 0 Å². The number of thioether (sulfide) groups is 1. The minimum atomic E-state index is 0.118. The minimum Gasteiger partial charge on any atom is -0.309 e. The largest absolute Gasteiger partial charge is 0.309 e. The maximum atomic E-state index is 5.22. The molecule has 3 aromatic rings. The van der Waals surface area contributed by atoms with Crippen LogP contribution in [-0.4, -0.2) is 23.2 Å². The Morgan fingerprint density at radius 1 is 0.844 bits per heavy atom. The molecule has 0 fully saturated rings. The predicted molar refractivity (Wildman–Crippen MR) is 135 cm³/mol. The fourth-order valence-corrected chi connectivity index (χ4v) is 5.58. The van der Waals surface area contributed by atoms with Crippen LogP contribution in [0.2, 0.25) is 0 Å². The Kier molecular flexibility index (Phi) is 5.02. The molecule has 1 N–H and O–H groups in total. The van der Waals surface area contributed by atoms with Crippen molar-refractivity contribution < 1.29 is 0 Å². The van der Waals surface area contributed by atoms with Crippen molar-refractivity contribution in [3.8, 4) is 0 Å². The number of nitrogens with one attached hydrogen (secondary N) is 1. The number of hydrogen-bond donors (Lipinski definition) is 1. The molecule has 4 heteroatoms. The van der Waals surface area contributed by atoms with Crippen LogP contribution in [0.15, 0.2) is 118 Å². The van der Waals surface area contributed by atoms with Crippen molar-refractivity contribution in [2.24, 2.45) is 4.99 Å². The van der Waals surface area contributed by atoms with E-state index in [1.165, 1.54) is 33.5 Å². The van der Waals surface area contributed by atoms with Crippen LogP contribution in [-0.2, 0) is 0 Å². The molecule has 156 valence electrons. The van der Waals surface area contributed by atoms with Gasteiger partial charge >= 0.3 is 0 Å². The van der Waals surface area contributed by atoms with E-state index >= 15 is 0 Å². The Hall–Kier alpha value is -3.34. The van der Waals surface area contributed by atoms with Gasteiger partial charge in [0.15, 0.2) is 5.17 Å². The van der Waals surface area contributed by atoms with Gasteiger partial charge in [-0.2, -0.15) is 0 Å². The fourth-order valence-electron chi connectivity index (χ4n) is 4.65. The average molecular weight is 434 g/mol. The third kappa shape index (κ3) is 3.42. The molecule has 0 saturated carbocycles. The molecule has 6 rings (SSSR count). The third-order valence-corrected chi connectivity index (χ3v) is 6.94. The summed E-state index contributed by atoms with van der Waals surface area (Å²) >= 11 is 1.72. The van der Waals surface area contributed by atoms with Crippen LogP contribution in [0, 0.1) is 0 Å². The maximum Gasteiger partial charge on any atom is 0.174 e. The van der Waals surface area contributed by atoms with Crippen LogP contribution in [0.25, 0.3) is 11.8 Å². The highest BCUT2D eigenvalue weighted by Crippen LogP contribution is 2.48. The van der Waals surface area contributed by atoms with Crippen LogP contribution in [0.1, 0.15) is 22.7 Å². The predicted octanol–water partition coefficient (Wildman–Crippen LogP) is 6.09. The molecule has 1 unspecified atom stereocenters. The quantitative estimate of drug-likeness (QED) is 0.542. The van der Waals surface area contributed by atoms with Gasteiger partial charge in [-0.25, -0.2) is 4.99 Å². The Labute approximate surface area is 192 Å². The molecule has 3 heterocycles. The molecule has 0 bridgehead atoms. The first-order valence-electron chi connectivity index (χ1n) is 10.9. The summed E-state index contributed by atoms with van der Waals surface area (Å²) in [5.41, 5.74) is 8.66. The molecular weight excluding hydrogens is 410 g/mol. The lowest BCUT2D eigenvalue weighted by atomic mass is 9.88. The molecule has 3 aromatic carbocycles. The average Bonchev–Trinajstić information content (AvgIpc) is 3.28. The van der Waals surface area contributed by atoms with E-state index < -0.39 is 0 Å². The summed E-state index contributed by atoms with van der Waals surface area (Å²) in [6.07, 6.45) is 2.27. The third-order valence-electron chi connectivity index (χ3n) is 6.10. The topological polar surface area (TPSA) is 27.6 Å². The van der Waals surface area contributed by atoms with Gasteiger partial charge in [0.2, 0.25) is 0 Å². The molecule has 0 saturated heterocycles. The SMILES string of the molecule is C1=C(c2ccccc2)N2C(=NC3=C(CNC/C3=C\c3ccccc3)C2c2ccccc2)S1. The van der Waals surface area contributed by atoms with E-state index in [0.717, 1.165) is 24.0 Å². The van der Waals surface area contributed by atoms with Crippen LogP contribution in [0.4, 0.5) is 0 Å². The molecule has 0 amide bonds. The van der Waals surface area contributed by atoms with Crippen molar-refractivity contribution >= 4 is 28.7 Å². The molecule has 0 spiro atoms. The number of hydrogen-bond acceptors (Lipinski definition) is 4. The Morgan fingerprint density at radius 3 is 2.28 bits per heavy atom. The first kappa shape index (κ1) is 19.4. The van der Waals surface area contributed by atoms with E-state index in [9.17, 15) is 0 Å². The van der Waals surface area contributed by atoms with Gasteiger partial charge in [-0.1, -0.05) is 103 Å². The van der Waals surface area contributed by atoms with E-state index in [-0.39, 0.29) is 6.04 Å². The molecule has 0 radical (unpaired) electrons. The summed E-state index contributed by atoms with van der Waals surface area (Å²) in [6.45, 7) is 1.66. The fraction of sp³-hybridized carbons (Fsp3) is 0.107. The van der Waals surface area contributed by atoms with Crippen molar-refractivity contribution in [1.82, 2.24) is 10.2 Å². The molecular formula is C28H23N3S. The lowest BCUT2D eigenvalue weighted by molar-refractivity contribution is 0.462. The highest BCUT2D eigenvalue weighted by atomic mass is 32.2. The van der Waals surface area contributed by atoms with E-state index in [4.69, 9.17) is 4.99 Å². The van der Waals surface area contributed by atoms with Gasteiger partial charge in [0.05, 0.1) is 17.4 Å². The normalized spacial score (nSPS) is 21.2. The number of amidine groups is 1. The van der Waals surface area contributed by atoms with Crippen LogP contribution in [0.5, 0.6) is 0 Å². The molecule has 32 heavy (non-hydrogen) atoms. The van der Waals surface area contributed by atoms with Crippen molar-refractivity contribution in [1.29, 1.82) is 0 Å². The van der Waals surface area contributed by atoms with E-state index in [2.05, 4.69) is 113 Å². The monoisotopic (exact) mass is 433 g/mol. The molecule has 3 aliphatic heterocycles. The molecule has 0 aromatic heterocycles. The lowest BCUT2D eigenvalue weighted by Gasteiger charge is -2.40. The first-order valence-corrected chi connectivity index (χ1v) is 11.8. The second-order valence-corrected chi connectivity index (χ2v) is 8.96. The second kappa shape index (κ2) is 8.30. The first-order chi connectivity index (χ1) is 15.9. The van der Waals surface area contributed by atoms with Gasteiger partial charge in [-0.05, 0) is 33.9 Å². The molecule has 0 aliphatic carbocycles. The van der Waals surface area contributed by atoms with Gasteiger partial charge < -0.3 is 10.2 Å². The van der Waals surface area contributed by atoms with Gasteiger partial charge in [0, 0.05) is 18.5 Å². The number of aliphatic imine (C=N–C) groups is 1.